The molecule has 4 rings (SSSR count). The number of hydrogen-bond donors (Lipinski definition) is 0. The second-order valence-electron chi connectivity index (χ2n) is 5.84. The van der Waals surface area contributed by atoms with Gasteiger partial charge < -0.3 is 14.4 Å². The van der Waals surface area contributed by atoms with Crippen molar-refractivity contribution < 1.29 is 9.47 Å². The van der Waals surface area contributed by atoms with Crippen LogP contribution in [-0.4, -0.2) is 24.5 Å². The average Bonchev–Trinajstić information content (AvgIpc) is 2.90. The normalized spacial score (nSPS) is 27.4. The second-order valence-corrected chi connectivity index (χ2v) is 5.84. The van der Waals surface area contributed by atoms with Crippen molar-refractivity contribution in [3.8, 4) is 11.5 Å². The zero-order valence-electron chi connectivity index (χ0n) is 12.1. The minimum Gasteiger partial charge on any atom is -0.458 e. The van der Waals surface area contributed by atoms with Crippen LogP contribution in [0.3, 0.4) is 0 Å². The smallest absolute Gasteiger partial charge is 0.169 e. The molecule has 1 saturated heterocycles. The summed E-state index contributed by atoms with van der Waals surface area (Å²) in [6.07, 6.45) is 10.5. The van der Waals surface area contributed by atoms with Crippen LogP contribution >= 0.6 is 0 Å². The number of nitrogens with zero attached hydrogens (tertiary/aromatic N) is 1. The summed E-state index contributed by atoms with van der Waals surface area (Å²) >= 11 is 0. The minimum atomic E-state index is 0.769. The van der Waals surface area contributed by atoms with E-state index in [9.17, 15) is 0 Å². The van der Waals surface area contributed by atoms with Gasteiger partial charge in [0.15, 0.2) is 11.5 Å². The number of fused-ring (bicyclic) bond motifs is 2. The van der Waals surface area contributed by atoms with Crippen LogP contribution < -0.4 is 9.47 Å². The molecule has 0 aromatic heterocycles. The number of hydrogen-bond acceptors (Lipinski definition) is 3. The second kappa shape index (κ2) is 6.31. The van der Waals surface area contributed by atoms with Gasteiger partial charge in [0.2, 0.25) is 0 Å². The highest BCUT2D eigenvalue weighted by molar-refractivity contribution is 5.41. The molecule has 3 aliphatic rings. The van der Waals surface area contributed by atoms with E-state index >= 15 is 0 Å². The maximum atomic E-state index is 5.12. The van der Waals surface area contributed by atoms with Gasteiger partial charge >= 0.3 is 0 Å². The fourth-order valence-corrected chi connectivity index (χ4v) is 3.49. The van der Waals surface area contributed by atoms with Crippen LogP contribution in [-0.2, 0) is 0 Å². The van der Waals surface area contributed by atoms with Crippen LogP contribution in [0.4, 0.5) is 0 Å². The fourth-order valence-electron chi connectivity index (χ4n) is 3.49. The first-order valence-corrected chi connectivity index (χ1v) is 7.62. The lowest BCUT2D eigenvalue weighted by Crippen LogP contribution is -2.31. The summed E-state index contributed by atoms with van der Waals surface area (Å²) in [5.74, 6) is 2.61. The summed E-state index contributed by atoms with van der Waals surface area (Å²) in [7, 11) is 2.29. The number of benzene rings is 1. The van der Waals surface area contributed by atoms with Crippen molar-refractivity contribution in [1.29, 1.82) is 0 Å². The summed E-state index contributed by atoms with van der Waals surface area (Å²) in [6, 6.07) is 8.49. The van der Waals surface area contributed by atoms with Gasteiger partial charge in [-0.25, -0.2) is 0 Å². The lowest BCUT2D eigenvalue weighted by atomic mass is 9.85. The molecule has 2 atom stereocenters. The predicted octanol–water partition coefficient (Wildman–Crippen LogP) is 3.81. The lowest BCUT2D eigenvalue weighted by molar-refractivity contribution is 0.215. The minimum absolute atomic E-state index is 0.769. The van der Waals surface area contributed by atoms with Crippen molar-refractivity contribution in [1.82, 2.24) is 4.90 Å². The van der Waals surface area contributed by atoms with Crippen molar-refractivity contribution in [3.05, 3.63) is 36.8 Å². The Morgan fingerprint density at radius 1 is 0.950 bits per heavy atom. The van der Waals surface area contributed by atoms with Gasteiger partial charge in [0, 0.05) is 6.04 Å². The van der Waals surface area contributed by atoms with Crippen molar-refractivity contribution in [2.24, 2.45) is 5.92 Å². The first-order valence-electron chi connectivity index (χ1n) is 7.62. The SMILES string of the molecule is C1=COc2ccccc2O1.CN1CCC2CCCCC21. The quantitative estimate of drug-likeness (QED) is 0.717. The highest BCUT2D eigenvalue weighted by atomic mass is 16.5. The van der Waals surface area contributed by atoms with Crippen LogP contribution in [0.25, 0.3) is 0 Å². The molecule has 2 unspecified atom stereocenters. The summed E-state index contributed by atoms with van der Waals surface area (Å²) in [5.41, 5.74) is 0. The first kappa shape index (κ1) is 13.5. The molecule has 2 fully saturated rings. The molecule has 2 heterocycles. The highest BCUT2D eigenvalue weighted by Gasteiger charge is 2.32. The van der Waals surface area contributed by atoms with E-state index in [-0.39, 0.29) is 0 Å². The van der Waals surface area contributed by atoms with Gasteiger partial charge in [0.1, 0.15) is 12.5 Å². The molecule has 0 spiro atoms. The van der Waals surface area contributed by atoms with E-state index in [2.05, 4.69) is 11.9 Å². The summed E-state index contributed by atoms with van der Waals surface area (Å²) < 4.78 is 10.2. The molecule has 0 radical (unpaired) electrons. The van der Waals surface area contributed by atoms with E-state index in [0.717, 1.165) is 23.5 Å². The van der Waals surface area contributed by atoms with Crippen molar-refractivity contribution in [3.63, 3.8) is 0 Å². The van der Waals surface area contributed by atoms with Crippen molar-refractivity contribution in [2.75, 3.05) is 13.6 Å². The van der Waals surface area contributed by atoms with Gasteiger partial charge in [0.25, 0.3) is 0 Å². The molecule has 3 nitrogen and oxygen atoms in total. The third-order valence-corrected chi connectivity index (χ3v) is 4.58. The van der Waals surface area contributed by atoms with Gasteiger partial charge in [-0.2, -0.15) is 0 Å². The Hall–Kier alpha value is -1.48. The zero-order chi connectivity index (χ0) is 13.8. The summed E-state index contributed by atoms with van der Waals surface area (Å²) in [6.45, 7) is 1.36. The molecular formula is C17H23NO2. The largest absolute Gasteiger partial charge is 0.458 e. The molecule has 0 bridgehead atoms. The van der Waals surface area contributed by atoms with E-state index in [1.165, 1.54) is 51.2 Å². The standard InChI is InChI=1S/C9H17N.C8H6O2/c1-10-7-6-8-4-2-3-5-9(8)10;1-2-4-8-7(3-1)9-5-6-10-8/h8-9H,2-7H2,1H3;1-6H. The van der Waals surface area contributed by atoms with Crippen molar-refractivity contribution in [2.45, 2.75) is 38.1 Å². The maximum absolute atomic E-state index is 5.12. The van der Waals surface area contributed by atoms with Gasteiger partial charge in [-0.1, -0.05) is 25.0 Å². The molecule has 20 heavy (non-hydrogen) atoms. The number of likely N-dealkylation sites (tertiary alicyclic amines) is 1. The Morgan fingerprint density at radius 2 is 1.60 bits per heavy atom. The molecule has 1 aromatic rings. The van der Waals surface area contributed by atoms with Gasteiger partial charge in [-0.15, -0.1) is 0 Å². The van der Waals surface area contributed by atoms with E-state index in [0.29, 0.717) is 0 Å². The zero-order valence-corrected chi connectivity index (χ0v) is 12.1. The lowest BCUT2D eigenvalue weighted by Gasteiger charge is -2.28. The molecule has 0 amide bonds. The van der Waals surface area contributed by atoms with Crippen LogP contribution in [0.1, 0.15) is 32.1 Å². The summed E-state index contributed by atoms with van der Waals surface area (Å²) in [4.78, 5) is 2.56. The van der Waals surface area contributed by atoms with E-state index < -0.39 is 0 Å². The Kier molecular flexibility index (Phi) is 4.26. The number of rotatable bonds is 0. The van der Waals surface area contributed by atoms with E-state index in [1.807, 2.05) is 24.3 Å². The molecule has 1 saturated carbocycles. The Labute approximate surface area is 121 Å². The third-order valence-electron chi connectivity index (χ3n) is 4.58. The summed E-state index contributed by atoms with van der Waals surface area (Å²) in [5, 5.41) is 0. The molecule has 1 aliphatic carbocycles. The monoisotopic (exact) mass is 273 g/mol. The molecule has 0 N–H and O–H groups in total. The number of para-hydroxylation sites is 2. The van der Waals surface area contributed by atoms with Crippen LogP contribution in [0.5, 0.6) is 11.5 Å². The molecular weight excluding hydrogens is 250 g/mol. The molecule has 3 heteroatoms. The average molecular weight is 273 g/mol. The molecule has 1 aromatic carbocycles. The maximum Gasteiger partial charge on any atom is 0.169 e. The predicted molar refractivity (Wildman–Crippen MR) is 79.8 cm³/mol. The van der Waals surface area contributed by atoms with E-state index in [4.69, 9.17) is 9.47 Å². The van der Waals surface area contributed by atoms with Gasteiger partial charge in [0.05, 0.1) is 0 Å². The first-order chi connectivity index (χ1) is 9.84. The fraction of sp³-hybridized carbons (Fsp3) is 0.529. The Balaban J connectivity index is 0.000000121. The van der Waals surface area contributed by atoms with Crippen LogP contribution in [0.2, 0.25) is 0 Å². The third kappa shape index (κ3) is 2.98. The topological polar surface area (TPSA) is 21.7 Å². The van der Waals surface area contributed by atoms with E-state index in [1.54, 1.807) is 0 Å². The molecule has 2 aliphatic heterocycles. The Bertz CT molecular complexity index is 443. The number of ether oxygens (including phenoxy) is 2. The Morgan fingerprint density at radius 3 is 2.25 bits per heavy atom. The highest BCUT2D eigenvalue weighted by Crippen LogP contribution is 2.34. The van der Waals surface area contributed by atoms with Crippen LogP contribution in [0, 0.1) is 5.92 Å². The van der Waals surface area contributed by atoms with Gasteiger partial charge in [-0.05, 0) is 50.9 Å². The molecule has 108 valence electrons. The van der Waals surface area contributed by atoms with Gasteiger partial charge in [-0.3, -0.25) is 0 Å². The van der Waals surface area contributed by atoms with Crippen LogP contribution in [0.15, 0.2) is 36.8 Å². The van der Waals surface area contributed by atoms with Crippen molar-refractivity contribution >= 4 is 0 Å².